The Hall–Kier alpha value is -2.39. The maximum Gasteiger partial charge on any atom is 0.316 e. The van der Waals surface area contributed by atoms with Crippen LogP contribution >= 0.6 is 0 Å². The third-order valence-electron chi connectivity index (χ3n) is 4.44. The van der Waals surface area contributed by atoms with E-state index < -0.39 is 15.8 Å². The van der Waals surface area contributed by atoms with Gasteiger partial charge in [0.05, 0.1) is 17.3 Å². The quantitative estimate of drug-likeness (QED) is 0.757. The van der Waals surface area contributed by atoms with Crippen LogP contribution in [0.2, 0.25) is 0 Å². The Labute approximate surface area is 157 Å². The van der Waals surface area contributed by atoms with Gasteiger partial charge in [-0.3, -0.25) is 4.79 Å². The van der Waals surface area contributed by atoms with E-state index >= 15 is 0 Å². The van der Waals surface area contributed by atoms with Gasteiger partial charge in [-0.15, -0.1) is 0 Å². The number of nitrogens with zero attached hydrogens (tertiary/aromatic N) is 2. The van der Waals surface area contributed by atoms with Gasteiger partial charge in [0.2, 0.25) is 10.0 Å². The summed E-state index contributed by atoms with van der Waals surface area (Å²) in [5.41, 5.74) is 0.467. The first-order chi connectivity index (χ1) is 12.8. The van der Waals surface area contributed by atoms with Crippen molar-refractivity contribution >= 4 is 15.8 Å². The summed E-state index contributed by atoms with van der Waals surface area (Å²) < 4.78 is 46.1. The van der Waals surface area contributed by atoms with Gasteiger partial charge < -0.3 is 4.74 Å². The maximum atomic E-state index is 12.8. The number of ether oxygens (including phenoxy) is 1. The van der Waals surface area contributed by atoms with Crippen LogP contribution in [0.5, 0.6) is 6.01 Å². The number of aromatic nitrogens is 2. The first-order valence-electron chi connectivity index (χ1n) is 8.61. The molecule has 9 heteroatoms. The van der Waals surface area contributed by atoms with Crippen molar-refractivity contribution in [1.29, 1.82) is 0 Å². The van der Waals surface area contributed by atoms with Gasteiger partial charge in [0, 0.05) is 11.6 Å². The first kappa shape index (κ1) is 19.4. The molecule has 1 N–H and O–H groups in total. The van der Waals surface area contributed by atoms with Gasteiger partial charge >= 0.3 is 6.01 Å². The molecule has 3 rings (SSSR count). The highest BCUT2D eigenvalue weighted by Gasteiger charge is 2.27. The van der Waals surface area contributed by atoms with Gasteiger partial charge in [-0.05, 0) is 44.7 Å². The fourth-order valence-electron chi connectivity index (χ4n) is 2.97. The van der Waals surface area contributed by atoms with Crippen molar-refractivity contribution in [2.45, 2.75) is 49.6 Å². The van der Waals surface area contributed by atoms with Gasteiger partial charge in [0.15, 0.2) is 11.6 Å². The van der Waals surface area contributed by atoms with Gasteiger partial charge in [0.25, 0.3) is 0 Å². The molecule has 1 aliphatic carbocycles. The number of hydrogen-bond acceptors (Lipinski definition) is 6. The molecular weight excluding hydrogens is 373 g/mol. The van der Waals surface area contributed by atoms with E-state index in [2.05, 4.69) is 14.7 Å². The van der Waals surface area contributed by atoms with E-state index in [1.54, 1.807) is 0 Å². The van der Waals surface area contributed by atoms with Crippen molar-refractivity contribution in [3.8, 4) is 6.01 Å². The summed E-state index contributed by atoms with van der Waals surface area (Å²) in [7, 11) is -3.65. The third-order valence-corrected chi connectivity index (χ3v) is 5.97. The monoisotopic (exact) mass is 393 g/mol. The first-order valence-corrected chi connectivity index (χ1v) is 10.1. The predicted octanol–water partition coefficient (Wildman–Crippen LogP) is 2.49. The summed E-state index contributed by atoms with van der Waals surface area (Å²) >= 11 is 0. The second kappa shape index (κ2) is 8.10. The molecule has 0 bridgehead atoms. The molecule has 1 aliphatic rings. The lowest BCUT2D eigenvalue weighted by molar-refractivity contribution is 0.101. The molecule has 1 aromatic heterocycles. The number of carbonyl (C=O) groups is 1. The summed E-state index contributed by atoms with van der Waals surface area (Å²) in [5.74, 6) is -0.646. The molecule has 27 heavy (non-hydrogen) atoms. The molecule has 7 nitrogen and oxygen atoms in total. The highest BCUT2D eigenvalue weighted by atomic mass is 32.2. The highest BCUT2D eigenvalue weighted by Crippen LogP contribution is 2.23. The second-order valence-corrected chi connectivity index (χ2v) is 8.19. The zero-order valence-corrected chi connectivity index (χ0v) is 15.6. The largest absolute Gasteiger partial charge is 0.460 e. The zero-order chi connectivity index (χ0) is 19.4. The van der Waals surface area contributed by atoms with Crippen LogP contribution in [-0.4, -0.2) is 36.3 Å². The molecule has 144 valence electrons. The summed E-state index contributed by atoms with van der Waals surface area (Å²) in [4.78, 5) is 19.0. The summed E-state index contributed by atoms with van der Waals surface area (Å²) in [5, 5.41) is 0. The van der Waals surface area contributed by atoms with Gasteiger partial charge in [0.1, 0.15) is 6.10 Å². The fourth-order valence-corrected chi connectivity index (χ4v) is 4.27. The lowest BCUT2D eigenvalue weighted by Gasteiger charge is -2.28. The molecule has 0 radical (unpaired) electrons. The molecular formula is C18H20FN3O4S. The number of ketones is 1. The van der Waals surface area contributed by atoms with Crippen molar-refractivity contribution < 1.29 is 22.3 Å². The number of nitrogens with one attached hydrogen (secondary N) is 1. The average molecular weight is 393 g/mol. The topological polar surface area (TPSA) is 98.2 Å². The van der Waals surface area contributed by atoms with E-state index in [1.165, 1.54) is 31.2 Å². The minimum absolute atomic E-state index is 0.115. The van der Waals surface area contributed by atoms with Crippen LogP contribution in [0.4, 0.5) is 4.39 Å². The van der Waals surface area contributed by atoms with Gasteiger partial charge in [-0.25, -0.2) is 27.5 Å². The molecule has 1 saturated carbocycles. The van der Waals surface area contributed by atoms with Crippen LogP contribution < -0.4 is 9.46 Å². The second-order valence-electron chi connectivity index (χ2n) is 6.48. The Morgan fingerprint density at radius 3 is 2.26 bits per heavy atom. The molecule has 2 aromatic rings. The van der Waals surface area contributed by atoms with Crippen molar-refractivity contribution in [1.82, 2.24) is 14.7 Å². The van der Waals surface area contributed by atoms with Crippen LogP contribution in [0.25, 0.3) is 0 Å². The highest BCUT2D eigenvalue weighted by molar-refractivity contribution is 7.89. The maximum absolute atomic E-state index is 12.8. The SMILES string of the molecule is CC(=O)c1ccc(S(=O)(=O)NC2CCC(Oc3ncc(F)cn3)CC2)cc1. The molecule has 0 aliphatic heterocycles. The number of hydrogen-bond donors (Lipinski definition) is 1. The molecule has 0 unspecified atom stereocenters. The van der Waals surface area contributed by atoms with Crippen molar-refractivity contribution in [3.05, 3.63) is 48.0 Å². The number of sulfonamides is 1. The van der Waals surface area contributed by atoms with Crippen LogP contribution in [0.15, 0.2) is 41.6 Å². The van der Waals surface area contributed by atoms with E-state index in [9.17, 15) is 17.6 Å². The Balaban J connectivity index is 1.54. The lowest BCUT2D eigenvalue weighted by Crippen LogP contribution is -2.39. The van der Waals surface area contributed by atoms with Gasteiger partial charge in [-0.1, -0.05) is 12.1 Å². The third kappa shape index (κ3) is 5.08. The Kier molecular flexibility index (Phi) is 5.81. The smallest absolute Gasteiger partial charge is 0.316 e. The van der Waals surface area contributed by atoms with Crippen LogP contribution in [0.1, 0.15) is 43.0 Å². The van der Waals surface area contributed by atoms with E-state index in [0.717, 1.165) is 12.4 Å². The Morgan fingerprint density at radius 2 is 1.70 bits per heavy atom. The summed E-state index contributed by atoms with van der Waals surface area (Å²) in [6.07, 6.45) is 4.44. The molecule has 1 heterocycles. The van der Waals surface area contributed by atoms with Crippen molar-refractivity contribution in [2.75, 3.05) is 0 Å². The van der Waals surface area contributed by atoms with Crippen molar-refractivity contribution in [2.24, 2.45) is 0 Å². The van der Waals surface area contributed by atoms with Gasteiger partial charge in [-0.2, -0.15) is 0 Å². The summed E-state index contributed by atoms with van der Waals surface area (Å²) in [6, 6.07) is 5.79. The molecule has 0 atom stereocenters. The lowest BCUT2D eigenvalue weighted by atomic mass is 9.94. The fraction of sp³-hybridized carbons (Fsp3) is 0.389. The molecule has 1 fully saturated rings. The number of rotatable bonds is 6. The van der Waals surface area contributed by atoms with Crippen LogP contribution in [0.3, 0.4) is 0 Å². The standard InChI is InChI=1S/C18H20FN3O4S/c1-12(23)13-2-8-17(9-3-13)27(24,25)22-15-4-6-16(7-5-15)26-18-20-10-14(19)11-21-18/h2-3,8-11,15-16,22H,4-7H2,1H3. The Bertz CT molecular complexity index is 893. The van der Waals surface area contributed by atoms with Crippen LogP contribution in [0, 0.1) is 5.82 Å². The average Bonchev–Trinajstić information content (AvgIpc) is 2.65. The molecule has 1 aromatic carbocycles. The Morgan fingerprint density at radius 1 is 1.11 bits per heavy atom. The number of benzene rings is 1. The predicted molar refractivity (Wildman–Crippen MR) is 95.4 cm³/mol. The number of halogens is 1. The minimum Gasteiger partial charge on any atom is -0.460 e. The minimum atomic E-state index is -3.65. The normalized spacial score (nSPS) is 20.2. The molecule has 0 spiro atoms. The van der Waals surface area contributed by atoms with E-state index in [4.69, 9.17) is 4.74 Å². The number of Topliss-reactive ketones (excluding diaryl/α,β-unsaturated/α-hetero) is 1. The summed E-state index contributed by atoms with van der Waals surface area (Å²) in [6.45, 7) is 1.43. The van der Waals surface area contributed by atoms with E-state index in [0.29, 0.717) is 31.2 Å². The van der Waals surface area contributed by atoms with E-state index in [-0.39, 0.29) is 28.8 Å². The molecule has 0 amide bonds. The zero-order valence-electron chi connectivity index (χ0n) is 14.8. The van der Waals surface area contributed by atoms with Crippen LogP contribution in [-0.2, 0) is 10.0 Å². The van der Waals surface area contributed by atoms with Crippen molar-refractivity contribution in [3.63, 3.8) is 0 Å². The molecule has 0 saturated heterocycles. The van der Waals surface area contributed by atoms with E-state index in [1.807, 2.05) is 0 Å². The number of carbonyl (C=O) groups excluding carboxylic acids is 1.